The molecule has 9 nitrogen and oxygen atoms in total. The fourth-order valence-corrected chi connectivity index (χ4v) is 2.47. The van der Waals surface area contributed by atoms with Crippen LogP contribution in [0.3, 0.4) is 0 Å². The maximum absolute atomic E-state index is 12.2. The van der Waals surface area contributed by atoms with Gasteiger partial charge in [-0.15, -0.1) is 0 Å². The molecule has 10 heteroatoms. The van der Waals surface area contributed by atoms with Gasteiger partial charge in [0.25, 0.3) is 5.91 Å². The maximum Gasteiger partial charge on any atom is 0.418 e. The topological polar surface area (TPSA) is 128 Å². The summed E-state index contributed by atoms with van der Waals surface area (Å²) in [6.45, 7) is 4.96. The predicted octanol–water partition coefficient (Wildman–Crippen LogP) is -0.617. The quantitative estimate of drug-likeness (QED) is 0.343. The molecule has 2 N–H and O–H groups in total. The number of hydrogen-bond acceptors (Lipinski definition) is 8. The summed E-state index contributed by atoms with van der Waals surface area (Å²) >= 11 is 1.11. The lowest BCUT2D eigenvalue weighted by atomic mass is 9.87. The maximum atomic E-state index is 12.2. The zero-order valence-corrected chi connectivity index (χ0v) is 15.2. The molecule has 0 aromatic carbocycles. The summed E-state index contributed by atoms with van der Waals surface area (Å²) in [5.74, 6) is -2.75. The van der Waals surface area contributed by atoms with Crippen molar-refractivity contribution in [2.24, 2.45) is 5.41 Å². The molecule has 1 atom stereocenters. The van der Waals surface area contributed by atoms with Crippen LogP contribution >= 0.6 is 11.8 Å². The summed E-state index contributed by atoms with van der Waals surface area (Å²) in [5.41, 5.74) is -0.891. The standard InChI is InChI=1S/C15H22N2O7S/c1-9(18)25-7-6-16-10(19)4-5-17-12(20)11-15(2,3)8-23-13(21)14(22)24-11/h11H,4-8H2,1-3H3,(H,16,19)(H,17,20)/t11-/m0/s1. The van der Waals surface area contributed by atoms with E-state index in [-0.39, 0.29) is 30.6 Å². The lowest BCUT2D eigenvalue weighted by Gasteiger charge is -2.28. The Kier molecular flexibility index (Phi) is 7.88. The molecule has 0 unspecified atom stereocenters. The van der Waals surface area contributed by atoms with E-state index in [4.69, 9.17) is 9.47 Å². The molecule has 0 bridgehead atoms. The van der Waals surface area contributed by atoms with Crippen molar-refractivity contribution in [3.8, 4) is 0 Å². The molecule has 25 heavy (non-hydrogen) atoms. The molecular formula is C15H22N2O7S. The Bertz CT molecular complexity index is 562. The second-order valence-electron chi connectivity index (χ2n) is 6.08. The van der Waals surface area contributed by atoms with Crippen molar-refractivity contribution in [1.82, 2.24) is 10.6 Å². The fourth-order valence-electron chi connectivity index (χ4n) is 1.97. The fraction of sp³-hybridized carbons (Fsp3) is 0.667. The highest BCUT2D eigenvalue weighted by atomic mass is 32.2. The lowest BCUT2D eigenvalue weighted by molar-refractivity contribution is -0.168. The highest BCUT2D eigenvalue weighted by molar-refractivity contribution is 8.13. The third kappa shape index (κ3) is 7.12. The van der Waals surface area contributed by atoms with Gasteiger partial charge < -0.3 is 20.1 Å². The van der Waals surface area contributed by atoms with Gasteiger partial charge >= 0.3 is 11.9 Å². The van der Waals surface area contributed by atoms with Crippen LogP contribution in [0.25, 0.3) is 0 Å². The van der Waals surface area contributed by atoms with Gasteiger partial charge in [0, 0.05) is 37.6 Å². The minimum absolute atomic E-state index is 0.0236. The number of nitrogens with one attached hydrogen (secondary N) is 2. The van der Waals surface area contributed by atoms with Gasteiger partial charge in [-0.3, -0.25) is 14.4 Å². The second-order valence-corrected chi connectivity index (χ2v) is 7.35. The molecule has 1 saturated heterocycles. The van der Waals surface area contributed by atoms with Crippen LogP contribution in [0.15, 0.2) is 0 Å². The van der Waals surface area contributed by atoms with Gasteiger partial charge in [0.1, 0.15) is 6.61 Å². The Balaban J connectivity index is 2.39. The molecule has 1 aliphatic rings. The van der Waals surface area contributed by atoms with Crippen LogP contribution in [0, 0.1) is 5.41 Å². The van der Waals surface area contributed by atoms with Crippen molar-refractivity contribution in [2.45, 2.75) is 33.3 Å². The van der Waals surface area contributed by atoms with E-state index in [2.05, 4.69) is 10.6 Å². The minimum Gasteiger partial charge on any atom is -0.457 e. The van der Waals surface area contributed by atoms with Crippen molar-refractivity contribution < 1.29 is 33.4 Å². The summed E-state index contributed by atoms with van der Waals surface area (Å²) in [6, 6.07) is 0. The number of carbonyl (C=O) groups is 5. The molecule has 0 radical (unpaired) electrons. The normalized spacial score (nSPS) is 19.2. The Morgan fingerprint density at radius 1 is 1.16 bits per heavy atom. The van der Waals surface area contributed by atoms with Crippen LogP contribution in [0.4, 0.5) is 0 Å². The van der Waals surface area contributed by atoms with Gasteiger partial charge in [0.2, 0.25) is 5.91 Å². The van der Waals surface area contributed by atoms with Crippen molar-refractivity contribution in [2.75, 3.05) is 25.4 Å². The smallest absolute Gasteiger partial charge is 0.418 e. The van der Waals surface area contributed by atoms with E-state index in [9.17, 15) is 24.0 Å². The highest BCUT2D eigenvalue weighted by Crippen LogP contribution is 2.27. The molecule has 1 rings (SSSR count). The molecular weight excluding hydrogens is 352 g/mol. The Hall–Kier alpha value is -2.10. The first-order valence-corrected chi connectivity index (χ1v) is 8.67. The summed E-state index contributed by atoms with van der Waals surface area (Å²) in [6.07, 6.45) is -1.16. The van der Waals surface area contributed by atoms with E-state index in [1.165, 1.54) is 6.92 Å². The molecule has 1 aliphatic heterocycles. The zero-order valence-electron chi connectivity index (χ0n) is 14.4. The van der Waals surface area contributed by atoms with Gasteiger partial charge in [-0.2, -0.15) is 0 Å². The summed E-state index contributed by atoms with van der Waals surface area (Å²) < 4.78 is 9.64. The molecule has 0 aromatic heterocycles. The molecule has 0 saturated carbocycles. The van der Waals surface area contributed by atoms with Crippen LogP contribution in [-0.4, -0.2) is 60.4 Å². The first-order chi connectivity index (χ1) is 11.6. The minimum atomic E-state index is -1.22. The SMILES string of the molecule is CC(=O)SCCNC(=O)CCNC(=O)[C@@H]1OC(=O)C(=O)OCC1(C)C. The number of rotatable bonds is 7. The van der Waals surface area contributed by atoms with E-state index < -0.39 is 29.4 Å². The van der Waals surface area contributed by atoms with Gasteiger partial charge in [0.15, 0.2) is 11.2 Å². The Morgan fingerprint density at radius 2 is 1.84 bits per heavy atom. The molecule has 0 aromatic rings. The van der Waals surface area contributed by atoms with Crippen LogP contribution in [-0.2, 0) is 33.4 Å². The Labute approximate surface area is 149 Å². The lowest BCUT2D eigenvalue weighted by Crippen LogP contribution is -2.47. The van der Waals surface area contributed by atoms with Crippen LogP contribution in [0.5, 0.6) is 0 Å². The van der Waals surface area contributed by atoms with Gasteiger partial charge in [-0.1, -0.05) is 25.6 Å². The van der Waals surface area contributed by atoms with Gasteiger partial charge in [0.05, 0.1) is 0 Å². The number of esters is 2. The third-order valence-corrected chi connectivity index (χ3v) is 4.11. The summed E-state index contributed by atoms with van der Waals surface area (Å²) in [7, 11) is 0. The summed E-state index contributed by atoms with van der Waals surface area (Å²) in [4.78, 5) is 57.2. The van der Waals surface area contributed by atoms with E-state index in [0.29, 0.717) is 12.3 Å². The number of cyclic esters (lactones) is 2. The molecule has 140 valence electrons. The molecule has 1 fully saturated rings. The van der Waals surface area contributed by atoms with Crippen LogP contribution in [0.2, 0.25) is 0 Å². The number of amides is 2. The average molecular weight is 374 g/mol. The van der Waals surface area contributed by atoms with Gasteiger partial charge in [-0.25, -0.2) is 9.59 Å². The molecule has 0 aliphatic carbocycles. The van der Waals surface area contributed by atoms with Crippen molar-refractivity contribution >= 4 is 40.6 Å². The van der Waals surface area contributed by atoms with Crippen LogP contribution < -0.4 is 10.6 Å². The van der Waals surface area contributed by atoms with E-state index >= 15 is 0 Å². The number of carbonyl (C=O) groups excluding carboxylic acids is 5. The number of ether oxygens (including phenoxy) is 2. The van der Waals surface area contributed by atoms with E-state index in [1.54, 1.807) is 13.8 Å². The third-order valence-electron chi connectivity index (χ3n) is 3.30. The van der Waals surface area contributed by atoms with E-state index in [1.807, 2.05) is 0 Å². The average Bonchev–Trinajstić information content (AvgIpc) is 2.62. The highest BCUT2D eigenvalue weighted by Gasteiger charge is 2.44. The largest absolute Gasteiger partial charge is 0.457 e. The van der Waals surface area contributed by atoms with Crippen molar-refractivity contribution in [3.63, 3.8) is 0 Å². The zero-order chi connectivity index (χ0) is 19.0. The monoisotopic (exact) mass is 374 g/mol. The van der Waals surface area contributed by atoms with Crippen LogP contribution in [0.1, 0.15) is 27.2 Å². The van der Waals surface area contributed by atoms with Crippen molar-refractivity contribution in [3.05, 3.63) is 0 Å². The molecule has 2 amide bonds. The Morgan fingerprint density at radius 3 is 2.48 bits per heavy atom. The first kappa shape index (κ1) is 20.9. The van der Waals surface area contributed by atoms with E-state index in [0.717, 1.165) is 11.8 Å². The van der Waals surface area contributed by atoms with Gasteiger partial charge in [-0.05, 0) is 0 Å². The molecule has 1 heterocycles. The number of hydrogen-bond donors (Lipinski definition) is 2. The summed E-state index contributed by atoms with van der Waals surface area (Å²) in [5, 5.41) is 5.10. The first-order valence-electron chi connectivity index (χ1n) is 7.69. The van der Waals surface area contributed by atoms with Crippen molar-refractivity contribution in [1.29, 1.82) is 0 Å². The number of thioether (sulfide) groups is 1. The second kappa shape index (κ2) is 9.40. The predicted molar refractivity (Wildman–Crippen MR) is 88.4 cm³/mol. The molecule has 0 spiro atoms.